The molecule has 0 radical (unpaired) electrons. The second kappa shape index (κ2) is 7.66. The Morgan fingerprint density at radius 1 is 1.16 bits per heavy atom. The van der Waals surface area contributed by atoms with Crippen LogP contribution in [-0.2, 0) is 6.54 Å². The number of benzene rings is 1. The second-order valence-electron chi connectivity index (χ2n) is 5.98. The third-order valence-electron chi connectivity index (χ3n) is 4.39. The summed E-state index contributed by atoms with van der Waals surface area (Å²) >= 11 is 0. The van der Waals surface area contributed by atoms with E-state index in [2.05, 4.69) is 54.6 Å². The highest BCUT2D eigenvalue weighted by molar-refractivity contribution is 5.14. The van der Waals surface area contributed by atoms with Crippen LogP contribution < -0.4 is 5.32 Å². The van der Waals surface area contributed by atoms with Gasteiger partial charge in [0.1, 0.15) is 0 Å². The van der Waals surface area contributed by atoms with Crippen molar-refractivity contribution in [2.24, 2.45) is 5.92 Å². The molecule has 0 aromatic heterocycles. The van der Waals surface area contributed by atoms with Gasteiger partial charge in [-0.1, -0.05) is 49.6 Å². The average Bonchev–Trinajstić information content (AvgIpc) is 2.47. The van der Waals surface area contributed by atoms with Gasteiger partial charge >= 0.3 is 0 Å². The van der Waals surface area contributed by atoms with Gasteiger partial charge in [-0.3, -0.25) is 0 Å². The number of nitrogens with zero attached hydrogens (tertiary/aromatic N) is 1. The Morgan fingerprint density at radius 3 is 2.47 bits per heavy atom. The Hall–Kier alpha value is -0.860. The molecule has 106 valence electrons. The van der Waals surface area contributed by atoms with Crippen LogP contribution in [0.15, 0.2) is 30.3 Å². The smallest absolute Gasteiger partial charge is 0.0231 e. The topological polar surface area (TPSA) is 15.3 Å². The summed E-state index contributed by atoms with van der Waals surface area (Å²) in [5.41, 5.74) is 1.41. The lowest BCUT2D eigenvalue weighted by atomic mass is 9.83. The van der Waals surface area contributed by atoms with Crippen LogP contribution in [0.3, 0.4) is 0 Å². The summed E-state index contributed by atoms with van der Waals surface area (Å²) in [5.74, 6) is 0.872. The highest BCUT2D eigenvalue weighted by Gasteiger charge is 2.23. The summed E-state index contributed by atoms with van der Waals surface area (Å²) in [6.45, 7) is 2.20. The van der Waals surface area contributed by atoms with E-state index in [9.17, 15) is 0 Å². The van der Waals surface area contributed by atoms with E-state index in [1.165, 1.54) is 37.7 Å². The maximum absolute atomic E-state index is 3.55. The van der Waals surface area contributed by atoms with Gasteiger partial charge in [0, 0.05) is 19.1 Å². The van der Waals surface area contributed by atoms with Crippen LogP contribution in [0, 0.1) is 5.92 Å². The standard InChI is InChI=1S/C17H28N2/c1-18-17(16-11-7-4-8-12-16)14-19(2)13-15-9-5-3-6-10-15/h3,5-6,9-10,16-18H,4,7-8,11-14H2,1-2H3. The lowest BCUT2D eigenvalue weighted by molar-refractivity contribution is 0.208. The van der Waals surface area contributed by atoms with Crippen molar-refractivity contribution in [2.45, 2.75) is 44.7 Å². The van der Waals surface area contributed by atoms with Gasteiger partial charge in [-0.25, -0.2) is 0 Å². The molecule has 1 aliphatic rings. The summed E-state index contributed by atoms with van der Waals surface area (Å²) in [7, 11) is 4.36. The Kier molecular flexibility index (Phi) is 5.87. The zero-order chi connectivity index (χ0) is 13.5. The predicted octanol–water partition coefficient (Wildman–Crippen LogP) is 3.29. The van der Waals surface area contributed by atoms with Gasteiger partial charge in [0.2, 0.25) is 0 Å². The molecule has 2 nitrogen and oxygen atoms in total. The largest absolute Gasteiger partial charge is 0.315 e. The fourth-order valence-electron chi connectivity index (χ4n) is 3.31. The molecule has 1 fully saturated rings. The first-order valence-electron chi connectivity index (χ1n) is 7.69. The molecular weight excluding hydrogens is 232 g/mol. The molecular formula is C17H28N2. The van der Waals surface area contributed by atoms with E-state index in [1.807, 2.05) is 0 Å². The monoisotopic (exact) mass is 260 g/mol. The number of nitrogens with one attached hydrogen (secondary N) is 1. The molecule has 1 aromatic rings. The lowest BCUT2D eigenvalue weighted by Crippen LogP contribution is -2.43. The van der Waals surface area contributed by atoms with E-state index < -0.39 is 0 Å². The summed E-state index contributed by atoms with van der Waals surface area (Å²) in [6.07, 6.45) is 7.10. The van der Waals surface area contributed by atoms with Crippen LogP contribution in [0.25, 0.3) is 0 Å². The average molecular weight is 260 g/mol. The molecule has 0 heterocycles. The molecule has 0 amide bonds. The Bertz CT molecular complexity index is 344. The second-order valence-corrected chi connectivity index (χ2v) is 5.98. The van der Waals surface area contributed by atoms with Crippen LogP contribution in [-0.4, -0.2) is 31.6 Å². The van der Waals surface area contributed by atoms with E-state index in [0.29, 0.717) is 6.04 Å². The van der Waals surface area contributed by atoms with Gasteiger partial charge < -0.3 is 10.2 Å². The van der Waals surface area contributed by atoms with Crippen molar-refractivity contribution in [3.63, 3.8) is 0 Å². The van der Waals surface area contributed by atoms with E-state index >= 15 is 0 Å². The number of hydrogen-bond acceptors (Lipinski definition) is 2. The van der Waals surface area contributed by atoms with E-state index in [4.69, 9.17) is 0 Å². The quantitative estimate of drug-likeness (QED) is 0.844. The van der Waals surface area contributed by atoms with Gasteiger partial charge in [0.25, 0.3) is 0 Å². The molecule has 19 heavy (non-hydrogen) atoms. The van der Waals surface area contributed by atoms with E-state index in [1.54, 1.807) is 0 Å². The predicted molar refractivity (Wildman–Crippen MR) is 82.2 cm³/mol. The molecule has 0 spiro atoms. The minimum Gasteiger partial charge on any atom is -0.315 e. The Labute approximate surface area is 118 Å². The first kappa shape index (κ1) is 14.5. The van der Waals surface area contributed by atoms with Crippen molar-refractivity contribution in [1.82, 2.24) is 10.2 Å². The van der Waals surface area contributed by atoms with Gasteiger partial charge in [-0.05, 0) is 38.4 Å². The van der Waals surface area contributed by atoms with Crippen molar-refractivity contribution in [1.29, 1.82) is 0 Å². The normalized spacial score (nSPS) is 18.7. The first-order chi connectivity index (χ1) is 9.29. The highest BCUT2D eigenvalue weighted by atomic mass is 15.1. The number of rotatable bonds is 6. The molecule has 2 heteroatoms. The van der Waals surface area contributed by atoms with Crippen molar-refractivity contribution in [2.75, 3.05) is 20.6 Å². The number of hydrogen-bond donors (Lipinski definition) is 1. The van der Waals surface area contributed by atoms with Crippen LogP contribution in [0.5, 0.6) is 0 Å². The van der Waals surface area contributed by atoms with Crippen LogP contribution in [0.4, 0.5) is 0 Å². The van der Waals surface area contributed by atoms with E-state index in [-0.39, 0.29) is 0 Å². The molecule has 1 aliphatic carbocycles. The van der Waals surface area contributed by atoms with Crippen LogP contribution in [0.2, 0.25) is 0 Å². The third-order valence-corrected chi connectivity index (χ3v) is 4.39. The fraction of sp³-hybridized carbons (Fsp3) is 0.647. The zero-order valence-electron chi connectivity index (χ0n) is 12.4. The molecule has 1 N–H and O–H groups in total. The summed E-state index contributed by atoms with van der Waals surface area (Å²) in [6, 6.07) is 11.4. The van der Waals surface area contributed by atoms with Gasteiger partial charge in [-0.15, -0.1) is 0 Å². The van der Waals surface area contributed by atoms with Gasteiger partial charge in [-0.2, -0.15) is 0 Å². The molecule has 0 aliphatic heterocycles. The van der Waals surface area contributed by atoms with Crippen molar-refractivity contribution < 1.29 is 0 Å². The molecule has 1 aromatic carbocycles. The minimum atomic E-state index is 0.647. The van der Waals surface area contributed by atoms with Crippen LogP contribution >= 0.6 is 0 Å². The van der Waals surface area contributed by atoms with Crippen LogP contribution in [0.1, 0.15) is 37.7 Å². The lowest BCUT2D eigenvalue weighted by Gasteiger charge is -2.33. The minimum absolute atomic E-state index is 0.647. The highest BCUT2D eigenvalue weighted by Crippen LogP contribution is 2.26. The molecule has 1 atom stereocenters. The molecule has 1 saturated carbocycles. The first-order valence-corrected chi connectivity index (χ1v) is 7.69. The van der Waals surface area contributed by atoms with Crippen molar-refractivity contribution in [3.05, 3.63) is 35.9 Å². The van der Waals surface area contributed by atoms with Gasteiger partial charge in [0.05, 0.1) is 0 Å². The zero-order valence-corrected chi connectivity index (χ0v) is 12.4. The number of likely N-dealkylation sites (N-methyl/N-ethyl adjacent to an activating group) is 2. The maximum Gasteiger partial charge on any atom is 0.0231 e. The molecule has 1 unspecified atom stereocenters. The SMILES string of the molecule is CNC(CN(C)Cc1ccccc1)C1CCCCC1. The van der Waals surface area contributed by atoms with E-state index in [0.717, 1.165) is 19.0 Å². The molecule has 2 rings (SSSR count). The van der Waals surface area contributed by atoms with Crippen molar-refractivity contribution >= 4 is 0 Å². The molecule has 0 bridgehead atoms. The maximum atomic E-state index is 3.55. The third kappa shape index (κ3) is 4.63. The summed E-state index contributed by atoms with van der Waals surface area (Å²) in [5, 5.41) is 3.55. The van der Waals surface area contributed by atoms with Crippen molar-refractivity contribution in [3.8, 4) is 0 Å². The Balaban J connectivity index is 1.83. The fourth-order valence-corrected chi connectivity index (χ4v) is 3.31. The van der Waals surface area contributed by atoms with Gasteiger partial charge in [0.15, 0.2) is 0 Å². The Morgan fingerprint density at radius 2 is 1.84 bits per heavy atom. The molecule has 0 saturated heterocycles. The summed E-state index contributed by atoms with van der Waals surface area (Å²) in [4.78, 5) is 2.45. The summed E-state index contributed by atoms with van der Waals surface area (Å²) < 4.78 is 0.